The zero-order chi connectivity index (χ0) is 16.1. The van der Waals surface area contributed by atoms with E-state index < -0.39 is 37.0 Å². The Labute approximate surface area is 117 Å². The number of hydrogen-bond donors (Lipinski definition) is 3. The fraction of sp³-hybridized carbons (Fsp3) is 0.750. The maximum atomic E-state index is 11.0. The van der Waals surface area contributed by atoms with Crippen molar-refractivity contribution in [2.45, 2.75) is 18.8 Å². The number of rotatable bonds is 8. The first kappa shape index (κ1) is 9.47. The van der Waals surface area contributed by atoms with E-state index in [9.17, 15) is 4.79 Å². The predicted molar refractivity (Wildman–Crippen MR) is 69.5 cm³/mol. The molecular formula is C8H20Cl2N4O2. The van der Waals surface area contributed by atoms with Gasteiger partial charge in [0.1, 0.15) is 8.84 Å². The maximum absolute atomic E-state index is 11.0. The van der Waals surface area contributed by atoms with E-state index in [1.807, 2.05) is 0 Å². The van der Waals surface area contributed by atoms with Crippen LogP contribution in [0.15, 0.2) is 4.99 Å². The molecule has 98 valence electrons. The minimum Gasteiger partial charge on any atom is -0.480 e. The van der Waals surface area contributed by atoms with E-state index in [4.69, 9.17) is 13.4 Å². The second-order valence-electron chi connectivity index (χ2n) is 2.52. The van der Waals surface area contributed by atoms with E-state index in [-0.39, 0.29) is 24.8 Å². The van der Waals surface area contributed by atoms with Gasteiger partial charge in [-0.15, -0.1) is 24.8 Å². The average molecular weight is 281 g/mol. The number of aliphatic carboxylic acids is 1. The highest BCUT2D eigenvalue weighted by Crippen LogP contribution is 1.94. The van der Waals surface area contributed by atoms with Gasteiger partial charge in [0, 0.05) is 24.8 Å². The summed E-state index contributed by atoms with van der Waals surface area (Å²) in [7, 11) is 3.36. The molecule has 0 rings (SSSR count). The van der Waals surface area contributed by atoms with Gasteiger partial charge in [0.05, 0.1) is 7.71 Å². The highest BCUT2D eigenvalue weighted by molar-refractivity contribution is 5.85. The van der Waals surface area contributed by atoms with Gasteiger partial charge in [-0.3, -0.25) is 9.79 Å². The topological polar surface area (TPSA) is 91.0 Å². The van der Waals surface area contributed by atoms with Gasteiger partial charge in [-0.1, -0.05) is 0 Å². The monoisotopic (exact) mass is 280 g/mol. The Bertz CT molecular complexity index is 377. The number of nitrogens with two attached hydrogens (primary N) is 1. The van der Waals surface area contributed by atoms with Gasteiger partial charge in [0.2, 0.25) is 0 Å². The molecular weight excluding hydrogens is 255 g/mol. The molecule has 4 N–H and O–H groups in total. The van der Waals surface area contributed by atoms with Crippen LogP contribution in [-0.2, 0) is 4.79 Å². The minimum absolute atomic E-state index is 0. The van der Waals surface area contributed by atoms with Crippen molar-refractivity contribution in [3.05, 3.63) is 0 Å². The Morgan fingerprint density at radius 1 is 1.81 bits per heavy atom. The lowest BCUT2D eigenvalue weighted by Gasteiger charge is -2.07. The summed E-state index contributed by atoms with van der Waals surface area (Å²) in [5, 5.41) is 10.4. The average Bonchev–Trinajstić information content (AvgIpc) is 2.31. The van der Waals surface area contributed by atoms with E-state index in [0.29, 0.717) is 0 Å². The number of halogens is 2. The molecule has 0 aliphatic rings. The second-order valence-corrected chi connectivity index (χ2v) is 2.52. The molecule has 0 aliphatic carbocycles. The summed E-state index contributed by atoms with van der Waals surface area (Å²) >= 11 is 0. The smallest absolute Gasteiger partial charge is 0.320 e. The first-order valence-corrected chi connectivity index (χ1v) is 3.83. The van der Waals surface area contributed by atoms with Crippen LogP contribution in [0, 0.1) is 0 Å². The molecule has 0 aromatic carbocycles. The Kier molecular flexibility index (Phi) is 7.40. The molecule has 0 amide bonds. The van der Waals surface area contributed by atoms with Gasteiger partial charge >= 0.3 is 5.97 Å². The number of aliphatic imine (C=N–C) groups is 1. The third kappa shape index (κ3) is 13.4. The van der Waals surface area contributed by atoms with Gasteiger partial charge in [0.15, 0.2) is 0 Å². The van der Waals surface area contributed by atoms with Crippen molar-refractivity contribution in [3.8, 4) is 0 Å². The number of carbonyl (C=O) groups is 1. The molecule has 2 atom stereocenters. The molecule has 0 radical (unpaired) electrons. The summed E-state index contributed by atoms with van der Waals surface area (Å²) in [5.41, 5.74) is 2.07. The number of carboxylic acids is 1. The van der Waals surface area contributed by atoms with Crippen molar-refractivity contribution >= 4 is 37.1 Å². The quantitative estimate of drug-likeness (QED) is 0.334. The van der Waals surface area contributed by atoms with E-state index >= 15 is 0 Å². The summed E-state index contributed by atoms with van der Waals surface area (Å²) in [6, 6.07) is -3.22. The molecule has 0 saturated carbocycles. The van der Waals surface area contributed by atoms with Crippen molar-refractivity contribution in [2.75, 3.05) is 20.6 Å². The molecule has 1 unspecified atom stereocenters. The number of nitrogens with one attached hydrogen (secondary N) is 1. The molecule has 8 heteroatoms. The maximum Gasteiger partial charge on any atom is 0.320 e. The molecule has 0 aromatic rings. The molecule has 0 aromatic heterocycles. The second kappa shape index (κ2) is 12.5. The molecule has 0 heterocycles. The van der Waals surface area contributed by atoms with Crippen LogP contribution in [0.2, 0.25) is 2.82 Å². The van der Waals surface area contributed by atoms with Crippen molar-refractivity contribution in [1.82, 2.24) is 10.4 Å². The lowest BCUT2D eigenvalue weighted by molar-refractivity contribution is -0.138. The number of hydrogen-bond acceptors (Lipinski definition) is 4. The standard InChI is InChI=1S/C8H18N4O2.2ClH/c1-12(2)11-6-10-5-3-4-7(9)8(13)14;;/h6-7H,3-5,9H2,1-2H3,(H,10,11)(H,13,14);2*1H/t7-;;/m0../s1/i3D,4D2,7D;;/hD2/t3?,7-;;. The minimum atomic E-state index is -3.22. The first-order chi connectivity index (χ1) is 8.97. The van der Waals surface area contributed by atoms with Gasteiger partial charge in [-0.25, -0.2) is 5.01 Å². The van der Waals surface area contributed by atoms with E-state index in [1.54, 1.807) is 19.1 Å². The van der Waals surface area contributed by atoms with Crippen molar-refractivity contribution < 1.29 is 18.2 Å². The summed E-state index contributed by atoms with van der Waals surface area (Å²) in [6.45, 7) is -0.421. The zero-order valence-corrected chi connectivity index (χ0v) is 10.5. The molecule has 0 aliphatic heterocycles. The van der Waals surface area contributed by atoms with Crippen LogP contribution in [0.5, 0.6) is 0 Å². The first-order valence-electron chi connectivity index (χ1n) is 6.80. The largest absolute Gasteiger partial charge is 0.480 e. The van der Waals surface area contributed by atoms with Crippen LogP contribution in [0.4, 0.5) is 0 Å². The lowest BCUT2D eigenvalue weighted by Crippen LogP contribution is -2.30. The van der Waals surface area contributed by atoms with Crippen LogP contribution in [0.3, 0.4) is 0 Å². The zero-order valence-electron chi connectivity index (χ0n) is 14.9. The van der Waals surface area contributed by atoms with E-state index in [2.05, 4.69) is 10.4 Å². The Hall–Kier alpha value is -0.560. The Balaban J connectivity index is -0.00000180. The van der Waals surface area contributed by atoms with E-state index in [1.165, 1.54) is 6.34 Å². The summed E-state index contributed by atoms with van der Waals surface area (Å²) < 4.78 is 44.1. The molecule has 0 spiro atoms. The highest BCUT2D eigenvalue weighted by atomic mass is 35.5. The number of nitrogens with zero attached hydrogens (tertiary/aromatic N) is 2. The fourth-order valence-electron chi connectivity index (χ4n) is 0.466. The van der Waals surface area contributed by atoms with Crippen molar-refractivity contribution in [3.63, 3.8) is 0 Å². The van der Waals surface area contributed by atoms with Crippen LogP contribution in [-0.4, -0.2) is 49.1 Å². The third-order valence-electron chi connectivity index (χ3n) is 1.05. The molecule has 0 fully saturated rings. The normalized spacial score (nSPS) is 22.2. The van der Waals surface area contributed by atoms with Crippen LogP contribution in [0.25, 0.3) is 0 Å². The summed E-state index contributed by atoms with van der Waals surface area (Å²) in [6.07, 6.45) is -3.50. The molecule has 6 nitrogen and oxygen atoms in total. The lowest BCUT2D eigenvalue weighted by atomic mass is 10.2. The Morgan fingerprint density at radius 2 is 2.44 bits per heavy atom. The van der Waals surface area contributed by atoms with E-state index in [0.717, 1.165) is 0 Å². The van der Waals surface area contributed by atoms with Crippen LogP contribution in [0.1, 0.15) is 18.3 Å². The van der Waals surface area contributed by atoms with Gasteiger partial charge in [-0.05, 0) is 12.8 Å². The van der Waals surface area contributed by atoms with Crippen molar-refractivity contribution in [1.29, 1.82) is 0 Å². The SMILES string of the molecule is Cl.Cl.[2H]C(CN=CNN(C)C)C([2H])([2H])[C@@]([2H])(C(=O)O)N([2H])[2H]. The highest BCUT2D eigenvalue weighted by Gasteiger charge is 2.09. The third-order valence-corrected chi connectivity index (χ3v) is 1.05. The molecule has 0 bridgehead atoms. The van der Waals surface area contributed by atoms with Crippen LogP contribution >= 0.6 is 24.8 Å². The predicted octanol–water partition coefficient (Wildman–Crippen LogP) is 0.117. The molecule has 16 heavy (non-hydrogen) atoms. The number of carboxylic acid groups (broad SMARTS) is 1. The Morgan fingerprint density at radius 3 is 2.88 bits per heavy atom. The van der Waals surface area contributed by atoms with Crippen molar-refractivity contribution in [2.24, 2.45) is 10.7 Å². The van der Waals surface area contributed by atoms with Gasteiger partial charge in [0.25, 0.3) is 0 Å². The van der Waals surface area contributed by atoms with Gasteiger partial charge in [-0.2, -0.15) is 0 Å². The van der Waals surface area contributed by atoms with Crippen LogP contribution < -0.4 is 11.1 Å². The fourth-order valence-corrected chi connectivity index (χ4v) is 0.466. The molecule has 0 saturated heterocycles. The summed E-state index contributed by atoms with van der Waals surface area (Å²) in [4.78, 5) is 14.7. The van der Waals surface area contributed by atoms with Gasteiger partial charge < -0.3 is 16.3 Å². The summed E-state index contributed by atoms with van der Waals surface area (Å²) in [5.74, 6) is -2.01. The number of hydrazine groups is 1.